The molecule has 0 bridgehead atoms. The Balaban J connectivity index is 1.56. The van der Waals surface area contributed by atoms with Gasteiger partial charge in [-0.25, -0.2) is 0 Å². The number of benzene rings is 3. The van der Waals surface area contributed by atoms with Gasteiger partial charge in [0, 0.05) is 0 Å². The maximum atomic E-state index is 12.3. The lowest BCUT2D eigenvalue weighted by Crippen LogP contribution is -2.31. The summed E-state index contributed by atoms with van der Waals surface area (Å²) in [6.07, 6.45) is 0. The number of ether oxygens (including phenoxy) is 2. The van der Waals surface area contributed by atoms with Gasteiger partial charge < -0.3 is 14.8 Å². The molecule has 0 spiro atoms. The van der Waals surface area contributed by atoms with Crippen LogP contribution in [-0.2, 0) is 4.79 Å². The van der Waals surface area contributed by atoms with Crippen LogP contribution in [0.3, 0.4) is 0 Å². The molecule has 144 valence electrons. The third-order valence-electron chi connectivity index (χ3n) is 4.40. The van der Waals surface area contributed by atoms with E-state index in [1.165, 1.54) is 5.56 Å². The van der Waals surface area contributed by atoms with Crippen LogP contribution in [0, 0.1) is 0 Å². The maximum Gasteiger partial charge on any atom is 0.258 e. The van der Waals surface area contributed by atoms with Gasteiger partial charge in [0.2, 0.25) is 0 Å². The summed E-state index contributed by atoms with van der Waals surface area (Å²) in [4.78, 5) is 12.3. The second-order valence-electron chi connectivity index (χ2n) is 6.45. The van der Waals surface area contributed by atoms with Crippen molar-refractivity contribution in [3.63, 3.8) is 0 Å². The van der Waals surface area contributed by atoms with E-state index >= 15 is 0 Å². The molecule has 1 atom stereocenters. The van der Waals surface area contributed by atoms with Gasteiger partial charge in [0.25, 0.3) is 5.91 Å². The average molecular weight is 375 g/mol. The van der Waals surface area contributed by atoms with Crippen molar-refractivity contribution in [1.82, 2.24) is 5.32 Å². The smallest absolute Gasteiger partial charge is 0.258 e. The van der Waals surface area contributed by atoms with Crippen molar-refractivity contribution >= 4 is 5.91 Å². The van der Waals surface area contributed by atoms with Crippen LogP contribution in [0.1, 0.15) is 25.5 Å². The first-order valence-electron chi connectivity index (χ1n) is 9.46. The number of hydrogen-bond acceptors (Lipinski definition) is 3. The van der Waals surface area contributed by atoms with Gasteiger partial charge in [-0.15, -0.1) is 0 Å². The van der Waals surface area contributed by atoms with E-state index < -0.39 is 0 Å². The Morgan fingerprint density at radius 2 is 1.39 bits per heavy atom. The zero-order valence-electron chi connectivity index (χ0n) is 16.2. The molecule has 1 N–H and O–H groups in total. The standard InChI is InChI=1S/C24H25NO3/c1-3-27-22-11-7-8-12-23(22)28-17-24(26)25-18(2)19-13-15-21(16-14-19)20-9-5-4-6-10-20/h4-16,18H,3,17H2,1-2H3,(H,25,26). The molecule has 0 aliphatic rings. The number of carbonyl (C=O) groups is 1. The van der Waals surface area contributed by atoms with Crippen LogP contribution in [0.5, 0.6) is 11.5 Å². The molecule has 0 radical (unpaired) electrons. The zero-order valence-corrected chi connectivity index (χ0v) is 16.2. The van der Waals surface area contributed by atoms with E-state index in [9.17, 15) is 4.79 Å². The molecule has 0 aliphatic carbocycles. The summed E-state index contributed by atoms with van der Waals surface area (Å²) in [7, 11) is 0. The second-order valence-corrected chi connectivity index (χ2v) is 6.45. The van der Waals surface area contributed by atoms with Crippen molar-refractivity contribution < 1.29 is 14.3 Å². The predicted octanol–water partition coefficient (Wildman–Crippen LogP) is 5.01. The lowest BCUT2D eigenvalue weighted by molar-refractivity contribution is -0.123. The van der Waals surface area contributed by atoms with Crippen molar-refractivity contribution in [2.75, 3.05) is 13.2 Å². The van der Waals surface area contributed by atoms with Gasteiger partial charge in [0.05, 0.1) is 12.6 Å². The largest absolute Gasteiger partial charge is 0.490 e. The molecule has 0 saturated heterocycles. The van der Waals surface area contributed by atoms with Gasteiger partial charge in [0.15, 0.2) is 18.1 Å². The molecule has 1 amide bonds. The fraction of sp³-hybridized carbons (Fsp3) is 0.208. The van der Waals surface area contributed by atoms with Crippen molar-refractivity contribution in [3.8, 4) is 22.6 Å². The summed E-state index contributed by atoms with van der Waals surface area (Å²) in [6, 6.07) is 25.7. The van der Waals surface area contributed by atoms with E-state index in [1.54, 1.807) is 6.07 Å². The van der Waals surface area contributed by atoms with Crippen LogP contribution in [0.15, 0.2) is 78.9 Å². The molecule has 4 heteroatoms. The maximum absolute atomic E-state index is 12.3. The SMILES string of the molecule is CCOc1ccccc1OCC(=O)NC(C)c1ccc(-c2ccccc2)cc1. The quantitative estimate of drug-likeness (QED) is 0.602. The number of carbonyl (C=O) groups excluding carboxylic acids is 1. The Hall–Kier alpha value is -3.27. The topological polar surface area (TPSA) is 47.6 Å². The summed E-state index contributed by atoms with van der Waals surface area (Å²) in [5.74, 6) is 1.03. The normalized spacial score (nSPS) is 11.5. The highest BCUT2D eigenvalue weighted by molar-refractivity contribution is 5.78. The summed E-state index contributed by atoms with van der Waals surface area (Å²) < 4.78 is 11.1. The minimum atomic E-state index is -0.175. The second kappa shape index (κ2) is 9.60. The van der Waals surface area contributed by atoms with E-state index in [0.717, 1.165) is 11.1 Å². The van der Waals surface area contributed by atoms with Gasteiger partial charge in [-0.1, -0.05) is 66.7 Å². The van der Waals surface area contributed by atoms with Gasteiger partial charge >= 0.3 is 0 Å². The van der Waals surface area contributed by atoms with Gasteiger partial charge in [-0.3, -0.25) is 4.79 Å². The first-order chi connectivity index (χ1) is 13.7. The van der Waals surface area contributed by atoms with E-state index in [4.69, 9.17) is 9.47 Å². The molecular formula is C24H25NO3. The van der Waals surface area contributed by atoms with Gasteiger partial charge in [-0.05, 0) is 42.7 Å². The van der Waals surface area contributed by atoms with Crippen LogP contribution in [0.2, 0.25) is 0 Å². The molecular weight excluding hydrogens is 350 g/mol. The number of nitrogens with one attached hydrogen (secondary N) is 1. The Morgan fingerprint density at radius 3 is 2.04 bits per heavy atom. The molecule has 1 unspecified atom stereocenters. The molecule has 0 aliphatic heterocycles. The Kier molecular flexibility index (Phi) is 6.68. The minimum Gasteiger partial charge on any atom is -0.490 e. The van der Waals surface area contributed by atoms with Crippen molar-refractivity contribution in [2.45, 2.75) is 19.9 Å². The number of rotatable bonds is 8. The monoisotopic (exact) mass is 375 g/mol. The lowest BCUT2D eigenvalue weighted by Gasteiger charge is -2.16. The number of hydrogen-bond donors (Lipinski definition) is 1. The minimum absolute atomic E-state index is 0.0590. The summed E-state index contributed by atoms with van der Waals surface area (Å²) in [5.41, 5.74) is 3.37. The van der Waals surface area contributed by atoms with Gasteiger partial charge in [-0.2, -0.15) is 0 Å². The Bertz CT molecular complexity index is 891. The first-order valence-corrected chi connectivity index (χ1v) is 9.46. The summed E-state index contributed by atoms with van der Waals surface area (Å²) >= 11 is 0. The van der Waals surface area contributed by atoms with Crippen LogP contribution in [-0.4, -0.2) is 19.1 Å². The Morgan fingerprint density at radius 1 is 0.821 bits per heavy atom. The average Bonchev–Trinajstić information content (AvgIpc) is 2.74. The van der Waals surface area contributed by atoms with Crippen molar-refractivity contribution in [3.05, 3.63) is 84.4 Å². The molecule has 3 aromatic carbocycles. The van der Waals surface area contributed by atoms with E-state index in [2.05, 4.69) is 29.6 Å². The van der Waals surface area contributed by atoms with E-state index in [-0.39, 0.29) is 18.6 Å². The van der Waals surface area contributed by atoms with Crippen molar-refractivity contribution in [1.29, 1.82) is 0 Å². The van der Waals surface area contributed by atoms with Crippen LogP contribution >= 0.6 is 0 Å². The van der Waals surface area contributed by atoms with Gasteiger partial charge in [0.1, 0.15) is 0 Å². The molecule has 0 saturated carbocycles. The predicted molar refractivity (Wildman–Crippen MR) is 112 cm³/mol. The van der Waals surface area contributed by atoms with E-state index in [0.29, 0.717) is 18.1 Å². The fourth-order valence-corrected chi connectivity index (χ4v) is 2.95. The molecule has 28 heavy (non-hydrogen) atoms. The lowest BCUT2D eigenvalue weighted by atomic mass is 10.0. The van der Waals surface area contributed by atoms with Crippen LogP contribution < -0.4 is 14.8 Å². The third kappa shape index (κ3) is 5.13. The highest BCUT2D eigenvalue weighted by atomic mass is 16.5. The third-order valence-corrected chi connectivity index (χ3v) is 4.40. The molecule has 3 aromatic rings. The fourth-order valence-electron chi connectivity index (χ4n) is 2.95. The molecule has 3 rings (SSSR count). The zero-order chi connectivity index (χ0) is 19.8. The number of para-hydroxylation sites is 2. The molecule has 4 nitrogen and oxygen atoms in total. The highest BCUT2D eigenvalue weighted by Crippen LogP contribution is 2.26. The molecule has 0 heterocycles. The summed E-state index contributed by atoms with van der Waals surface area (Å²) in [5, 5.41) is 2.97. The van der Waals surface area contributed by atoms with Crippen molar-refractivity contribution in [2.24, 2.45) is 0 Å². The van der Waals surface area contributed by atoms with Crippen LogP contribution in [0.25, 0.3) is 11.1 Å². The summed E-state index contributed by atoms with van der Waals surface area (Å²) in [6.45, 7) is 4.36. The number of amides is 1. The van der Waals surface area contributed by atoms with E-state index in [1.807, 2.05) is 62.4 Å². The Labute approximate surface area is 166 Å². The molecule has 0 aromatic heterocycles. The molecule has 0 fully saturated rings. The first kappa shape index (κ1) is 19.5. The van der Waals surface area contributed by atoms with Crippen LogP contribution in [0.4, 0.5) is 0 Å². The highest BCUT2D eigenvalue weighted by Gasteiger charge is 2.12.